The number of nitrogens with one attached hydrogen (secondary N) is 2. The topological polar surface area (TPSA) is 66.7 Å². The lowest BCUT2D eigenvalue weighted by atomic mass is 10.0. The van der Waals surface area contributed by atoms with Crippen LogP contribution in [-0.4, -0.2) is 73.1 Å². The second kappa shape index (κ2) is 12.5. The van der Waals surface area contributed by atoms with Crippen molar-refractivity contribution in [2.75, 3.05) is 46.4 Å². The summed E-state index contributed by atoms with van der Waals surface area (Å²) in [6.07, 6.45) is 3.82. The molecule has 0 aromatic carbocycles. The van der Waals surface area contributed by atoms with Crippen molar-refractivity contribution < 1.29 is 4.74 Å². The monoisotopic (exact) mass is 478 g/mol. The summed E-state index contributed by atoms with van der Waals surface area (Å²) in [6, 6.07) is 2.45. The zero-order valence-corrected chi connectivity index (χ0v) is 18.8. The van der Waals surface area contributed by atoms with E-state index in [0.717, 1.165) is 51.9 Å². The Hall–Kier alpha value is -0.870. The number of nitrogens with zero attached hydrogens (tertiary/aromatic N) is 4. The van der Waals surface area contributed by atoms with Crippen molar-refractivity contribution in [3.05, 3.63) is 18.5 Å². The molecule has 0 saturated carbocycles. The molecule has 2 unspecified atom stereocenters. The molecule has 1 aromatic heterocycles. The molecule has 1 saturated heterocycles. The molecular formula is C18H35IN6O. The van der Waals surface area contributed by atoms with E-state index in [1.54, 1.807) is 0 Å². The Morgan fingerprint density at radius 1 is 1.19 bits per heavy atom. The molecule has 2 N–H and O–H groups in total. The first-order chi connectivity index (χ1) is 12.1. The highest BCUT2D eigenvalue weighted by molar-refractivity contribution is 14.0. The third kappa shape index (κ3) is 7.79. The van der Waals surface area contributed by atoms with Crippen LogP contribution < -0.4 is 10.6 Å². The molecule has 8 heteroatoms. The molecule has 0 amide bonds. The van der Waals surface area contributed by atoms with E-state index in [-0.39, 0.29) is 24.0 Å². The van der Waals surface area contributed by atoms with E-state index in [1.807, 2.05) is 30.2 Å². The molecule has 0 bridgehead atoms. The number of ether oxygens (including phenoxy) is 1. The summed E-state index contributed by atoms with van der Waals surface area (Å²) in [7, 11) is 1.83. The minimum absolute atomic E-state index is 0. The van der Waals surface area contributed by atoms with E-state index in [9.17, 15) is 0 Å². The Morgan fingerprint density at radius 2 is 1.88 bits per heavy atom. The molecule has 7 nitrogen and oxygen atoms in total. The molecule has 1 fully saturated rings. The van der Waals surface area contributed by atoms with Crippen LogP contribution in [0.5, 0.6) is 0 Å². The maximum atomic E-state index is 5.48. The van der Waals surface area contributed by atoms with E-state index >= 15 is 0 Å². The molecule has 1 aliphatic heterocycles. The van der Waals surface area contributed by atoms with Gasteiger partial charge in [-0.15, -0.1) is 24.0 Å². The van der Waals surface area contributed by atoms with Gasteiger partial charge in [-0.2, -0.15) is 5.10 Å². The average Bonchev–Trinajstić information content (AvgIpc) is 3.11. The number of hydrogen-bond donors (Lipinski definition) is 2. The SMILES string of the molecule is CN=C(NCC(C)Cn1cccn1)NCC(C(C)C)N1CCOCC1.I. The molecule has 0 radical (unpaired) electrons. The Bertz CT molecular complexity index is 502. The molecule has 1 aliphatic rings. The van der Waals surface area contributed by atoms with Crippen LogP contribution in [0.1, 0.15) is 20.8 Å². The van der Waals surface area contributed by atoms with Gasteiger partial charge in [0, 0.05) is 58.2 Å². The fraction of sp³-hybridized carbons (Fsp3) is 0.778. The van der Waals surface area contributed by atoms with Crippen LogP contribution in [0.3, 0.4) is 0 Å². The van der Waals surface area contributed by atoms with Crippen LogP contribution in [-0.2, 0) is 11.3 Å². The molecule has 1 aromatic rings. The highest BCUT2D eigenvalue weighted by Gasteiger charge is 2.23. The number of aliphatic imine (C=N–C) groups is 1. The van der Waals surface area contributed by atoms with Gasteiger partial charge in [-0.05, 0) is 17.9 Å². The number of aromatic nitrogens is 2. The van der Waals surface area contributed by atoms with Crippen molar-refractivity contribution in [3.63, 3.8) is 0 Å². The largest absolute Gasteiger partial charge is 0.379 e. The predicted molar refractivity (Wildman–Crippen MR) is 117 cm³/mol. The quantitative estimate of drug-likeness (QED) is 0.338. The van der Waals surface area contributed by atoms with Gasteiger partial charge in [0.1, 0.15) is 0 Å². The lowest BCUT2D eigenvalue weighted by molar-refractivity contribution is 0.00752. The maximum Gasteiger partial charge on any atom is 0.191 e. The van der Waals surface area contributed by atoms with Crippen LogP contribution in [0.4, 0.5) is 0 Å². The van der Waals surface area contributed by atoms with Crippen molar-refractivity contribution in [3.8, 4) is 0 Å². The Labute approximate surface area is 175 Å². The van der Waals surface area contributed by atoms with Crippen molar-refractivity contribution in [2.45, 2.75) is 33.4 Å². The van der Waals surface area contributed by atoms with Crippen molar-refractivity contribution in [1.82, 2.24) is 25.3 Å². The van der Waals surface area contributed by atoms with Crippen molar-refractivity contribution >= 4 is 29.9 Å². The second-order valence-electron chi connectivity index (χ2n) is 7.13. The average molecular weight is 478 g/mol. The third-order valence-electron chi connectivity index (χ3n) is 4.66. The molecule has 26 heavy (non-hydrogen) atoms. The predicted octanol–water partition coefficient (Wildman–Crippen LogP) is 1.66. The first kappa shape index (κ1) is 23.2. The van der Waals surface area contributed by atoms with Crippen molar-refractivity contribution in [2.24, 2.45) is 16.8 Å². The first-order valence-corrected chi connectivity index (χ1v) is 9.34. The van der Waals surface area contributed by atoms with Gasteiger partial charge in [0.15, 0.2) is 5.96 Å². The van der Waals surface area contributed by atoms with Gasteiger partial charge in [-0.1, -0.05) is 20.8 Å². The van der Waals surface area contributed by atoms with Gasteiger partial charge < -0.3 is 15.4 Å². The minimum Gasteiger partial charge on any atom is -0.379 e. The van der Waals surface area contributed by atoms with E-state index in [2.05, 4.69) is 46.4 Å². The lowest BCUT2D eigenvalue weighted by Crippen LogP contribution is -2.52. The summed E-state index contributed by atoms with van der Waals surface area (Å²) >= 11 is 0. The lowest BCUT2D eigenvalue weighted by Gasteiger charge is -2.37. The van der Waals surface area contributed by atoms with Crippen LogP contribution in [0.2, 0.25) is 0 Å². The summed E-state index contributed by atoms with van der Waals surface area (Å²) < 4.78 is 7.45. The molecule has 2 heterocycles. The Kier molecular flexibility index (Phi) is 11.1. The number of halogens is 1. The van der Waals surface area contributed by atoms with E-state index < -0.39 is 0 Å². The Morgan fingerprint density at radius 3 is 2.46 bits per heavy atom. The van der Waals surface area contributed by atoms with Crippen LogP contribution in [0.15, 0.2) is 23.5 Å². The van der Waals surface area contributed by atoms with Crippen molar-refractivity contribution in [1.29, 1.82) is 0 Å². The van der Waals surface area contributed by atoms with Gasteiger partial charge in [0.25, 0.3) is 0 Å². The zero-order chi connectivity index (χ0) is 18.1. The van der Waals surface area contributed by atoms with Gasteiger partial charge in [-0.3, -0.25) is 14.6 Å². The number of morpholine rings is 1. The highest BCUT2D eigenvalue weighted by atomic mass is 127. The zero-order valence-electron chi connectivity index (χ0n) is 16.5. The molecule has 150 valence electrons. The summed E-state index contributed by atoms with van der Waals surface area (Å²) in [4.78, 5) is 6.88. The van der Waals surface area contributed by atoms with Gasteiger partial charge >= 0.3 is 0 Å². The smallest absolute Gasteiger partial charge is 0.191 e. The number of guanidine groups is 1. The van der Waals surface area contributed by atoms with Crippen LogP contribution in [0.25, 0.3) is 0 Å². The molecule has 0 spiro atoms. The maximum absolute atomic E-state index is 5.48. The minimum atomic E-state index is 0. The molecular weight excluding hydrogens is 443 g/mol. The van der Waals surface area contributed by atoms with Gasteiger partial charge in [-0.25, -0.2) is 0 Å². The molecule has 2 rings (SSSR count). The number of hydrogen-bond acceptors (Lipinski definition) is 4. The molecule has 2 atom stereocenters. The second-order valence-corrected chi connectivity index (χ2v) is 7.13. The van der Waals surface area contributed by atoms with Crippen LogP contribution >= 0.6 is 24.0 Å². The summed E-state index contributed by atoms with van der Waals surface area (Å²) in [5.41, 5.74) is 0. The normalized spacial score (nSPS) is 18.3. The van der Waals surface area contributed by atoms with E-state index in [1.165, 1.54) is 0 Å². The molecule has 0 aliphatic carbocycles. The Balaban J connectivity index is 0.00000338. The third-order valence-corrected chi connectivity index (χ3v) is 4.66. The van der Waals surface area contributed by atoms with E-state index in [0.29, 0.717) is 17.9 Å². The van der Waals surface area contributed by atoms with Crippen LogP contribution in [0, 0.1) is 11.8 Å². The van der Waals surface area contributed by atoms with Gasteiger partial charge in [0.05, 0.1) is 13.2 Å². The standard InChI is InChI=1S/C18H34N6O.HI/c1-15(2)17(23-8-10-25-11-9-23)13-21-18(19-4)20-12-16(3)14-24-7-5-6-22-24;/h5-7,15-17H,8-14H2,1-4H3,(H2,19,20,21);1H. The fourth-order valence-electron chi connectivity index (χ4n) is 3.18. The summed E-state index contributed by atoms with van der Waals surface area (Å²) in [5, 5.41) is 11.2. The van der Waals surface area contributed by atoms with Gasteiger partial charge in [0.2, 0.25) is 0 Å². The van der Waals surface area contributed by atoms with E-state index in [4.69, 9.17) is 4.74 Å². The highest BCUT2D eigenvalue weighted by Crippen LogP contribution is 2.12. The fourth-order valence-corrected chi connectivity index (χ4v) is 3.18. The first-order valence-electron chi connectivity index (χ1n) is 9.34. The summed E-state index contributed by atoms with van der Waals surface area (Å²) in [5.74, 6) is 1.92. The summed E-state index contributed by atoms with van der Waals surface area (Å²) in [6.45, 7) is 13.1. The number of rotatable bonds is 8.